The summed E-state index contributed by atoms with van der Waals surface area (Å²) in [6.45, 7) is -1.65. The molecule has 29 heavy (non-hydrogen) atoms. The molecule has 0 saturated heterocycles. The molecule has 2 aromatic carbocycles. The Bertz CT molecular complexity index is 964. The third kappa shape index (κ3) is 5.02. The van der Waals surface area contributed by atoms with Crippen LogP contribution in [0.25, 0.3) is 0 Å². The van der Waals surface area contributed by atoms with Gasteiger partial charge in [-0.15, -0.1) is 0 Å². The Morgan fingerprint density at radius 2 is 1.66 bits per heavy atom. The number of halogens is 8. The molecule has 0 radical (unpaired) electrons. The van der Waals surface area contributed by atoms with Gasteiger partial charge in [0.2, 0.25) is 6.54 Å². The Morgan fingerprint density at radius 1 is 1.10 bits per heavy atom. The van der Waals surface area contributed by atoms with Crippen LogP contribution in [-0.4, -0.2) is 23.4 Å². The molecule has 0 fully saturated rings. The van der Waals surface area contributed by atoms with Gasteiger partial charge in [-0.3, -0.25) is 14.9 Å². The van der Waals surface area contributed by atoms with E-state index >= 15 is 0 Å². The number of benzene rings is 2. The molecule has 2 aromatic rings. The number of ketones is 1. The van der Waals surface area contributed by atoms with E-state index in [1.54, 1.807) is 0 Å². The highest BCUT2D eigenvalue weighted by molar-refractivity contribution is 9.10. The number of rotatable bonds is 6. The number of carbonyl (C=O) groups excluding carboxylic acids is 1. The predicted molar refractivity (Wildman–Crippen MR) is 104 cm³/mol. The molecule has 0 amide bonds. The van der Waals surface area contributed by atoms with Crippen LogP contribution in [0.3, 0.4) is 0 Å². The number of Topliss-reactive ketones (excluding diaryl/α,β-unsaturated/α-hetero) is 1. The molecule has 0 aromatic heterocycles. The molecule has 0 aliphatic rings. The monoisotopic (exact) mass is 535 g/mol. The first-order valence-electron chi connectivity index (χ1n) is 7.60. The molecule has 0 spiro atoms. The molecule has 1 atom stereocenters. The van der Waals surface area contributed by atoms with E-state index in [1.165, 1.54) is 0 Å². The second kappa shape index (κ2) is 8.75. The number of hydrogen-bond acceptors (Lipinski definition) is 3. The summed E-state index contributed by atoms with van der Waals surface area (Å²) in [5.41, 5.74) is -4.19. The molecule has 0 saturated carbocycles. The van der Waals surface area contributed by atoms with E-state index in [9.17, 15) is 32.5 Å². The first-order chi connectivity index (χ1) is 13.3. The van der Waals surface area contributed by atoms with E-state index in [4.69, 9.17) is 34.8 Å². The quantitative estimate of drug-likeness (QED) is 0.132. The van der Waals surface area contributed by atoms with E-state index in [0.29, 0.717) is 0 Å². The van der Waals surface area contributed by atoms with E-state index in [2.05, 4.69) is 15.9 Å². The van der Waals surface area contributed by atoms with Crippen LogP contribution in [-0.2, 0) is 5.41 Å². The summed E-state index contributed by atoms with van der Waals surface area (Å²) in [5, 5.41) is 10.2. The summed E-state index contributed by atoms with van der Waals surface area (Å²) in [6.07, 6.45) is -6.56. The maximum Gasteiger partial charge on any atom is 0.405 e. The van der Waals surface area contributed by atoms with Crippen molar-refractivity contribution in [3.63, 3.8) is 0 Å². The van der Waals surface area contributed by atoms with Gasteiger partial charge in [0.05, 0.1) is 19.5 Å². The van der Waals surface area contributed by atoms with Gasteiger partial charge in [-0.05, 0) is 51.8 Å². The Labute approximate surface area is 185 Å². The van der Waals surface area contributed by atoms with E-state index < -0.39 is 46.6 Å². The van der Waals surface area contributed by atoms with Crippen molar-refractivity contribution in [2.45, 2.75) is 18.0 Å². The van der Waals surface area contributed by atoms with Crippen molar-refractivity contribution in [3.05, 3.63) is 76.9 Å². The highest BCUT2D eigenvalue weighted by Crippen LogP contribution is 2.47. The first kappa shape index (κ1) is 23.9. The Hall–Kier alpha value is -1.42. The lowest BCUT2D eigenvalue weighted by atomic mass is 9.74. The number of hydrogen-bond donors (Lipinski definition) is 0. The van der Waals surface area contributed by atoms with Crippen molar-refractivity contribution in [1.82, 2.24) is 0 Å². The molecule has 4 nitrogen and oxygen atoms in total. The minimum absolute atomic E-state index is 0.146. The summed E-state index contributed by atoms with van der Waals surface area (Å²) in [5.74, 6) is -1.82. The maximum absolute atomic E-state index is 14.2. The van der Waals surface area contributed by atoms with E-state index in [1.807, 2.05) is 0 Å². The summed E-state index contributed by atoms with van der Waals surface area (Å²) in [4.78, 5) is 22.6. The topological polar surface area (TPSA) is 60.2 Å². The highest BCUT2D eigenvalue weighted by atomic mass is 79.9. The van der Waals surface area contributed by atoms with Gasteiger partial charge in [0, 0.05) is 16.9 Å². The second-order valence-electron chi connectivity index (χ2n) is 6.05. The normalized spacial score (nSPS) is 13.8. The summed E-state index contributed by atoms with van der Waals surface area (Å²) in [7, 11) is 0. The molecule has 0 N–H and O–H groups in total. The zero-order valence-corrected chi connectivity index (χ0v) is 17.9. The van der Waals surface area contributed by atoms with Crippen LogP contribution >= 0.6 is 50.7 Å². The third-order valence-electron chi connectivity index (χ3n) is 4.18. The SMILES string of the molecule is O=C(C[C@](C[N+](=O)[O-])(c1cc(Cl)c(Cl)c(Cl)c1)C(F)(F)F)c1ccc(F)c(Br)c1. The van der Waals surface area contributed by atoms with Crippen LogP contribution in [0.15, 0.2) is 34.8 Å². The fourth-order valence-corrected chi connectivity index (χ4v) is 3.68. The van der Waals surface area contributed by atoms with Crippen molar-refractivity contribution in [1.29, 1.82) is 0 Å². The van der Waals surface area contributed by atoms with Crippen molar-refractivity contribution in [2.75, 3.05) is 6.54 Å². The van der Waals surface area contributed by atoms with Gasteiger partial charge in [0.25, 0.3) is 0 Å². The van der Waals surface area contributed by atoms with Gasteiger partial charge in [0.15, 0.2) is 11.2 Å². The molecular formula is C17H9BrCl3F4NO3. The molecule has 0 bridgehead atoms. The van der Waals surface area contributed by atoms with Gasteiger partial charge in [0.1, 0.15) is 5.82 Å². The Kier molecular flexibility index (Phi) is 7.20. The van der Waals surface area contributed by atoms with Gasteiger partial charge < -0.3 is 0 Å². The zero-order chi connectivity index (χ0) is 22.1. The standard InChI is InChI=1S/C17H9BrCl3F4NO3/c18-10-3-8(1-2-13(10)22)14(27)6-16(7-26(28)29,17(23,24)25)9-4-11(19)15(21)12(20)5-9/h1-5H,6-7H2/t16-/m0/s1. The van der Waals surface area contributed by atoms with Crippen molar-refractivity contribution >= 4 is 56.5 Å². The van der Waals surface area contributed by atoms with Crippen molar-refractivity contribution in [3.8, 4) is 0 Å². The van der Waals surface area contributed by atoms with E-state index in [-0.39, 0.29) is 25.1 Å². The average molecular weight is 538 g/mol. The maximum atomic E-state index is 14.2. The van der Waals surface area contributed by atoms with Gasteiger partial charge in [-0.1, -0.05) is 34.8 Å². The van der Waals surface area contributed by atoms with Crippen LogP contribution < -0.4 is 0 Å². The third-order valence-corrected chi connectivity index (χ3v) is 5.99. The molecular weight excluding hydrogens is 528 g/mol. The van der Waals surface area contributed by atoms with Crippen LogP contribution in [0, 0.1) is 15.9 Å². The van der Waals surface area contributed by atoms with Crippen molar-refractivity contribution < 1.29 is 27.3 Å². The Balaban J connectivity index is 2.67. The number of carbonyl (C=O) groups is 1. The summed E-state index contributed by atoms with van der Waals surface area (Å²) in [6, 6.07) is 4.45. The van der Waals surface area contributed by atoms with Crippen LogP contribution in [0.2, 0.25) is 15.1 Å². The smallest absolute Gasteiger partial charge is 0.294 e. The number of nitrogens with zero attached hydrogens (tertiary/aromatic N) is 1. The second-order valence-corrected chi connectivity index (χ2v) is 8.10. The van der Waals surface area contributed by atoms with Crippen LogP contribution in [0.5, 0.6) is 0 Å². The van der Waals surface area contributed by atoms with Crippen molar-refractivity contribution in [2.24, 2.45) is 0 Å². The lowest BCUT2D eigenvalue weighted by molar-refractivity contribution is -0.501. The fraction of sp³-hybridized carbons (Fsp3) is 0.235. The van der Waals surface area contributed by atoms with E-state index in [0.717, 1.165) is 30.3 Å². The van der Waals surface area contributed by atoms with Crippen LogP contribution in [0.4, 0.5) is 17.6 Å². The minimum Gasteiger partial charge on any atom is -0.294 e. The predicted octanol–water partition coefficient (Wildman–Crippen LogP) is 6.90. The summed E-state index contributed by atoms with van der Waals surface area (Å²) < 4.78 is 55.7. The summed E-state index contributed by atoms with van der Waals surface area (Å²) >= 11 is 20.2. The van der Waals surface area contributed by atoms with Gasteiger partial charge in [-0.2, -0.15) is 13.2 Å². The van der Waals surface area contributed by atoms with Gasteiger partial charge >= 0.3 is 6.18 Å². The minimum atomic E-state index is -5.23. The number of nitro groups is 1. The molecule has 156 valence electrons. The highest BCUT2D eigenvalue weighted by Gasteiger charge is 2.60. The van der Waals surface area contributed by atoms with Gasteiger partial charge in [-0.25, -0.2) is 4.39 Å². The number of alkyl halides is 3. The Morgan fingerprint density at radius 3 is 2.10 bits per heavy atom. The lowest BCUT2D eigenvalue weighted by Crippen LogP contribution is -2.49. The zero-order valence-electron chi connectivity index (χ0n) is 14.0. The fourth-order valence-electron chi connectivity index (χ4n) is 2.70. The molecule has 0 aliphatic carbocycles. The van der Waals surface area contributed by atoms with Crippen LogP contribution in [0.1, 0.15) is 22.3 Å². The average Bonchev–Trinajstić information content (AvgIpc) is 2.59. The largest absolute Gasteiger partial charge is 0.405 e. The molecule has 2 rings (SSSR count). The molecule has 12 heteroatoms. The molecule has 0 unspecified atom stereocenters. The molecule has 0 heterocycles. The lowest BCUT2D eigenvalue weighted by Gasteiger charge is -2.32. The first-order valence-corrected chi connectivity index (χ1v) is 9.53. The molecule has 0 aliphatic heterocycles.